The number of aryl methyl sites for hydroxylation is 1. The number of urea groups is 1. The van der Waals surface area contributed by atoms with Crippen LogP contribution in [0.2, 0.25) is 0 Å². The second-order valence-electron chi connectivity index (χ2n) is 7.22. The van der Waals surface area contributed by atoms with Crippen molar-refractivity contribution in [2.24, 2.45) is 0 Å². The molecule has 1 heterocycles. The zero-order chi connectivity index (χ0) is 18.8. The standard InChI is InChI=1S/C21H23F2N3O/c22-17-12-15(13-18(23)20(17)26-10-3-4-11-26)24-21(27)25-19-9-5-7-14-6-1-2-8-16(14)19/h1-2,6,8,12-13,19H,3-5,7,9-11H2,(H2,24,25,27). The summed E-state index contributed by atoms with van der Waals surface area (Å²) in [6.45, 7) is 1.31. The van der Waals surface area contributed by atoms with Crippen LogP contribution in [-0.2, 0) is 6.42 Å². The third-order valence-electron chi connectivity index (χ3n) is 5.37. The monoisotopic (exact) mass is 371 g/mol. The van der Waals surface area contributed by atoms with E-state index in [0.29, 0.717) is 13.1 Å². The number of benzene rings is 2. The molecule has 1 fully saturated rings. The number of nitrogens with zero attached hydrogens (tertiary/aromatic N) is 1. The van der Waals surface area contributed by atoms with Crippen LogP contribution in [-0.4, -0.2) is 19.1 Å². The van der Waals surface area contributed by atoms with Crippen molar-refractivity contribution in [3.05, 3.63) is 59.2 Å². The quantitative estimate of drug-likeness (QED) is 0.817. The highest BCUT2D eigenvalue weighted by atomic mass is 19.1. The van der Waals surface area contributed by atoms with Crippen LogP contribution < -0.4 is 15.5 Å². The summed E-state index contributed by atoms with van der Waals surface area (Å²) >= 11 is 0. The topological polar surface area (TPSA) is 44.4 Å². The maximum absolute atomic E-state index is 14.4. The van der Waals surface area contributed by atoms with Gasteiger partial charge in [0.2, 0.25) is 0 Å². The van der Waals surface area contributed by atoms with Gasteiger partial charge in [-0.15, -0.1) is 0 Å². The molecule has 0 radical (unpaired) electrons. The van der Waals surface area contributed by atoms with Crippen LogP contribution in [0.3, 0.4) is 0 Å². The number of nitrogens with one attached hydrogen (secondary N) is 2. The maximum atomic E-state index is 14.4. The van der Waals surface area contributed by atoms with E-state index in [-0.39, 0.29) is 17.4 Å². The van der Waals surface area contributed by atoms with Gasteiger partial charge in [-0.25, -0.2) is 13.6 Å². The van der Waals surface area contributed by atoms with Crippen molar-refractivity contribution in [2.45, 2.75) is 38.1 Å². The van der Waals surface area contributed by atoms with Gasteiger partial charge in [0.1, 0.15) is 5.69 Å². The van der Waals surface area contributed by atoms with Gasteiger partial charge in [-0.3, -0.25) is 0 Å². The van der Waals surface area contributed by atoms with Crippen LogP contribution in [0.4, 0.5) is 25.0 Å². The Kier molecular flexibility index (Phi) is 4.97. The largest absolute Gasteiger partial charge is 0.367 e. The molecule has 27 heavy (non-hydrogen) atoms. The van der Waals surface area contributed by atoms with Gasteiger partial charge in [-0.2, -0.15) is 0 Å². The zero-order valence-electron chi connectivity index (χ0n) is 15.1. The highest BCUT2D eigenvalue weighted by molar-refractivity contribution is 5.90. The molecule has 1 aliphatic heterocycles. The van der Waals surface area contributed by atoms with E-state index in [0.717, 1.165) is 37.7 Å². The summed E-state index contributed by atoms with van der Waals surface area (Å²) in [5.41, 5.74) is 2.47. The Morgan fingerprint density at radius 3 is 2.48 bits per heavy atom. The average Bonchev–Trinajstić information content (AvgIpc) is 3.15. The number of fused-ring (bicyclic) bond motifs is 1. The van der Waals surface area contributed by atoms with Gasteiger partial charge in [0, 0.05) is 18.8 Å². The average molecular weight is 371 g/mol. The van der Waals surface area contributed by atoms with Crippen LogP contribution in [0, 0.1) is 11.6 Å². The van der Waals surface area contributed by atoms with Crippen molar-refractivity contribution in [1.29, 1.82) is 0 Å². The van der Waals surface area contributed by atoms with E-state index in [1.54, 1.807) is 4.90 Å². The summed E-state index contributed by atoms with van der Waals surface area (Å²) in [6.07, 6.45) is 4.72. The van der Waals surface area contributed by atoms with Gasteiger partial charge >= 0.3 is 6.03 Å². The number of carbonyl (C=O) groups is 1. The van der Waals surface area contributed by atoms with Gasteiger partial charge in [0.25, 0.3) is 0 Å². The normalized spacial score (nSPS) is 18.9. The number of anilines is 2. The molecule has 2 aromatic rings. The first kappa shape index (κ1) is 17.8. The fourth-order valence-electron chi connectivity index (χ4n) is 4.11. The molecule has 0 bridgehead atoms. The first-order valence-electron chi connectivity index (χ1n) is 9.51. The SMILES string of the molecule is O=C(Nc1cc(F)c(N2CCCC2)c(F)c1)NC1CCCc2ccccc21. The molecule has 4 nitrogen and oxygen atoms in total. The number of hydrogen-bond acceptors (Lipinski definition) is 2. The number of rotatable bonds is 3. The number of halogens is 2. The summed E-state index contributed by atoms with van der Waals surface area (Å²) in [7, 11) is 0. The van der Waals surface area contributed by atoms with E-state index in [1.807, 2.05) is 18.2 Å². The number of hydrogen-bond donors (Lipinski definition) is 2. The van der Waals surface area contributed by atoms with E-state index in [4.69, 9.17) is 0 Å². The second kappa shape index (κ2) is 7.55. The summed E-state index contributed by atoms with van der Waals surface area (Å²) in [6, 6.07) is 9.87. The predicted molar refractivity (Wildman–Crippen MR) is 102 cm³/mol. The molecule has 6 heteroatoms. The Morgan fingerprint density at radius 2 is 1.74 bits per heavy atom. The maximum Gasteiger partial charge on any atom is 0.319 e. The van der Waals surface area contributed by atoms with Crippen LogP contribution in [0.15, 0.2) is 36.4 Å². The van der Waals surface area contributed by atoms with Gasteiger partial charge in [0.15, 0.2) is 11.6 Å². The first-order chi connectivity index (χ1) is 13.1. The lowest BCUT2D eigenvalue weighted by Gasteiger charge is -2.26. The van der Waals surface area contributed by atoms with E-state index in [1.165, 1.54) is 17.7 Å². The Hall–Kier alpha value is -2.63. The molecular weight excluding hydrogens is 348 g/mol. The van der Waals surface area contributed by atoms with Crippen LogP contribution in [0.1, 0.15) is 42.9 Å². The fourth-order valence-corrected chi connectivity index (χ4v) is 4.11. The lowest BCUT2D eigenvalue weighted by Crippen LogP contribution is -2.34. The Balaban J connectivity index is 1.46. The van der Waals surface area contributed by atoms with E-state index in [2.05, 4.69) is 16.7 Å². The van der Waals surface area contributed by atoms with Gasteiger partial charge in [0.05, 0.1) is 6.04 Å². The Bertz CT molecular complexity index is 826. The highest BCUT2D eigenvalue weighted by Crippen LogP contribution is 2.31. The molecule has 2 aliphatic rings. The molecule has 1 unspecified atom stereocenters. The molecule has 4 rings (SSSR count). The highest BCUT2D eigenvalue weighted by Gasteiger charge is 2.23. The molecule has 2 N–H and O–H groups in total. The molecule has 142 valence electrons. The smallest absolute Gasteiger partial charge is 0.319 e. The van der Waals surface area contributed by atoms with Crippen molar-refractivity contribution in [2.75, 3.05) is 23.3 Å². The van der Waals surface area contributed by atoms with Crippen molar-refractivity contribution in [3.63, 3.8) is 0 Å². The summed E-state index contributed by atoms with van der Waals surface area (Å²) in [5, 5.41) is 5.50. The molecule has 1 saturated heterocycles. The molecular formula is C21H23F2N3O. The van der Waals surface area contributed by atoms with Crippen molar-refractivity contribution < 1.29 is 13.6 Å². The molecule has 1 aliphatic carbocycles. The lowest BCUT2D eigenvalue weighted by molar-refractivity contribution is 0.247. The van der Waals surface area contributed by atoms with Gasteiger partial charge in [-0.1, -0.05) is 24.3 Å². The minimum atomic E-state index is -0.643. The summed E-state index contributed by atoms with van der Waals surface area (Å²) < 4.78 is 28.8. The predicted octanol–water partition coefficient (Wildman–Crippen LogP) is 4.76. The van der Waals surface area contributed by atoms with Crippen LogP contribution in [0.25, 0.3) is 0 Å². The summed E-state index contributed by atoms with van der Waals surface area (Å²) in [4.78, 5) is 14.1. The van der Waals surface area contributed by atoms with E-state index in [9.17, 15) is 13.6 Å². The van der Waals surface area contributed by atoms with Crippen molar-refractivity contribution in [1.82, 2.24) is 5.32 Å². The Labute approximate surface area is 157 Å². The van der Waals surface area contributed by atoms with Crippen molar-refractivity contribution >= 4 is 17.4 Å². The number of amides is 2. The third kappa shape index (κ3) is 3.75. The van der Waals surface area contributed by atoms with E-state index < -0.39 is 17.7 Å². The van der Waals surface area contributed by atoms with Crippen molar-refractivity contribution in [3.8, 4) is 0 Å². The van der Waals surface area contributed by atoms with Crippen LogP contribution in [0.5, 0.6) is 0 Å². The number of carbonyl (C=O) groups excluding carboxylic acids is 1. The molecule has 0 saturated carbocycles. The third-order valence-corrected chi connectivity index (χ3v) is 5.37. The summed E-state index contributed by atoms with van der Waals surface area (Å²) in [5.74, 6) is -1.29. The Morgan fingerprint density at radius 1 is 1.04 bits per heavy atom. The molecule has 1 atom stereocenters. The zero-order valence-corrected chi connectivity index (χ0v) is 15.1. The molecule has 2 amide bonds. The lowest BCUT2D eigenvalue weighted by atomic mass is 9.88. The fraction of sp³-hybridized carbons (Fsp3) is 0.381. The molecule has 0 aromatic heterocycles. The second-order valence-corrected chi connectivity index (χ2v) is 7.22. The molecule has 2 aromatic carbocycles. The minimum Gasteiger partial charge on any atom is -0.367 e. The van der Waals surface area contributed by atoms with Gasteiger partial charge in [-0.05, 0) is 55.4 Å². The van der Waals surface area contributed by atoms with Gasteiger partial charge < -0.3 is 15.5 Å². The van der Waals surface area contributed by atoms with E-state index >= 15 is 0 Å². The first-order valence-corrected chi connectivity index (χ1v) is 9.51. The van der Waals surface area contributed by atoms with Crippen LogP contribution >= 0.6 is 0 Å². The minimum absolute atomic E-state index is 0.000309. The molecule has 0 spiro atoms.